The maximum atomic E-state index is 14.0. The van der Waals surface area contributed by atoms with Gasteiger partial charge in [0.25, 0.3) is 0 Å². The number of methoxy groups -OCH3 is 1. The summed E-state index contributed by atoms with van der Waals surface area (Å²) in [5.41, 5.74) is 6.33. The summed E-state index contributed by atoms with van der Waals surface area (Å²) >= 11 is 0. The molecule has 0 fully saturated rings. The zero-order valence-corrected chi connectivity index (χ0v) is 27.2. The molecule has 0 aliphatic heterocycles. The average Bonchev–Trinajstić information content (AvgIpc) is 3.44. The van der Waals surface area contributed by atoms with Crippen LogP contribution in [0.5, 0.6) is 5.75 Å². The summed E-state index contributed by atoms with van der Waals surface area (Å²) in [4.78, 5) is 34.8. The molecule has 0 spiro atoms. The lowest BCUT2D eigenvalue weighted by Gasteiger charge is -2.29. The van der Waals surface area contributed by atoms with Crippen LogP contribution in [-0.4, -0.2) is 53.5 Å². The Kier molecular flexibility index (Phi) is 11.5. The SMILES string of the molecule is CCCCN(CC(=O)N(CCc1c[nH]c2ccccc12)Cc1ccc(OC)cc1)C(=O)Nc1c(C(C)C)cccc1C(C)C. The number of nitrogens with zero attached hydrogens (tertiary/aromatic N) is 2. The first-order chi connectivity index (χ1) is 21.2. The number of rotatable bonds is 14. The molecule has 7 nitrogen and oxygen atoms in total. The van der Waals surface area contributed by atoms with Gasteiger partial charge >= 0.3 is 6.03 Å². The molecule has 0 aliphatic rings. The van der Waals surface area contributed by atoms with E-state index in [0.29, 0.717) is 26.1 Å². The lowest BCUT2D eigenvalue weighted by atomic mass is 9.93. The lowest BCUT2D eigenvalue weighted by molar-refractivity contribution is -0.132. The molecule has 0 aliphatic carbocycles. The number of fused-ring (bicyclic) bond motifs is 1. The summed E-state index contributed by atoms with van der Waals surface area (Å²) in [7, 11) is 1.64. The number of carbonyl (C=O) groups excluding carboxylic acids is 2. The standard InChI is InChI=1S/C37H48N4O3/c1-7-8-21-41(37(43)39-36-31(26(2)3)13-11-14-32(36)27(4)5)25-35(42)40(24-28-16-18-30(44-6)19-17-28)22-20-29-23-38-34-15-10-9-12-33(29)34/h9-19,23,26-27,38H,7-8,20-22,24-25H2,1-6H3,(H,39,43). The van der Waals surface area contributed by atoms with Gasteiger partial charge in [-0.2, -0.15) is 0 Å². The van der Waals surface area contributed by atoms with Gasteiger partial charge in [-0.25, -0.2) is 4.79 Å². The zero-order valence-electron chi connectivity index (χ0n) is 27.2. The third-order valence-corrected chi connectivity index (χ3v) is 8.21. The molecule has 0 unspecified atom stereocenters. The lowest BCUT2D eigenvalue weighted by Crippen LogP contribution is -2.45. The van der Waals surface area contributed by atoms with Crippen molar-refractivity contribution in [3.63, 3.8) is 0 Å². The Bertz CT molecular complexity index is 1500. The monoisotopic (exact) mass is 596 g/mol. The number of urea groups is 1. The molecule has 44 heavy (non-hydrogen) atoms. The van der Waals surface area contributed by atoms with Crippen molar-refractivity contribution in [3.05, 3.63) is 95.2 Å². The smallest absolute Gasteiger partial charge is 0.322 e. The minimum absolute atomic E-state index is 0.0106. The fourth-order valence-electron chi connectivity index (χ4n) is 5.58. The topological polar surface area (TPSA) is 77.7 Å². The van der Waals surface area contributed by atoms with Gasteiger partial charge in [-0.15, -0.1) is 0 Å². The number of ether oxygens (including phenoxy) is 1. The number of H-pyrrole nitrogens is 1. The van der Waals surface area contributed by atoms with E-state index in [9.17, 15) is 9.59 Å². The van der Waals surface area contributed by atoms with Gasteiger partial charge in [-0.1, -0.05) is 89.6 Å². The maximum absolute atomic E-state index is 14.0. The summed E-state index contributed by atoms with van der Waals surface area (Å²) < 4.78 is 5.34. The fourth-order valence-corrected chi connectivity index (χ4v) is 5.58. The average molecular weight is 597 g/mol. The van der Waals surface area contributed by atoms with Crippen LogP contribution in [0.2, 0.25) is 0 Å². The van der Waals surface area contributed by atoms with Gasteiger partial charge in [0.05, 0.1) is 7.11 Å². The maximum Gasteiger partial charge on any atom is 0.322 e. The van der Waals surface area contributed by atoms with Crippen LogP contribution in [0, 0.1) is 0 Å². The Morgan fingerprint density at radius 2 is 1.55 bits per heavy atom. The normalized spacial score (nSPS) is 11.3. The van der Waals surface area contributed by atoms with E-state index in [4.69, 9.17) is 4.74 Å². The molecule has 1 heterocycles. The largest absolute Gasteiger partial charge is 0.497 e. The van der Waals surface area contributed by atoms with Crippen LogP contribution in [0.25, 0.3) is 10.9 Å². The minimum atomic E-state index is -0.233. The number of benzene rings is 3. The first kappa shape index (κ1) is 32.6. The van der Waals surface area contributed by atoms with Crippen LogP contribution in [0.4, 0.5) is 10.5 Å². The molecule has 3 aromatic carbocycles. The van der Waals surface area contributed by atoms with E-state index < -0.39 is 0 Å². The number of hydrogen-bond acceptors (Lipinski definition) is 3. The molecule has 7 heteroatoms. The molecule has 0 saturated heterocycles. The molecule has 0 saturated carbocycles. The van der Waals surface area contributed by atoms with E-state index >= 15 is 0 Å². The second kappa shape index (κ2) is 15.5. The van der Waals surface area contributed by atoms with E-state index in [2.05, 4.69) is 75.3 Å². The van der Waals surface area contributed by atoms with Crippen LogP contribution in [0.3, 0.4) is 0 Å². The van der Waals surface area contributed by atoms with Gasteiger partial charge in [-0.3, -0.25) is 4.79 Å². The third-order valence-electron chi connectivity index (χ3n) is 8.21. The molecule has 2 N–H and O–H groups in total. The number of aromatic nitrogens is 1. The Morgan fingerprint density at radius 1 is 0.864 bits per heavy atom. The van der Waals surface area contributed by atoms with E-state index in [1.807, 2.05) is 47.5 Å². The van der Waals surface area contributed by atoms with E-state index in [-0.39, 0.29) is 30.3 Å². The molecule has 1 aromatic heterocycles. The van der Waals surface area contributed by atoms with Gasteiger partial charge in [0.15, 0.2) is 0 Å². The number of amides is 3. The van der Waals surface area contributed by atoms with Crippen molar-refractivity contribution < 1.29 is 14.3 Å². The molecule has 0 radical (unpaired) electrons. The van der Waals surface area contributed by atoms with Crippen molar-refractivity contribution in [2.75, 3.05) is 32.1 Å². The highest BCUT2D eigenvalue weighted by Gasteiger charge is 2.24. The highest BCUT2D eigenvalue weighted by Crippen LogP contribution is 2.32. The molecule has 234 valence electrons. The van der Waals surface area contributed by atoms with Crippen molar-refractivity contribution in [3.8, 4) is 5.75 Å². The van der Waals surface area contributed by atoms with Gasteiger partial charge in [0, 0.05) is 42.4 Å². The van der Waals surface area contributed by atoms with E-state index in [0.717, 1.165) is 51.9 Å². The van der Waals surface area contributed by atoms with Gasteiger partial charge in [0.1, 0.15) is 12.3 Å². The first-order valence-electron chi connectivity index (χ1n) is 15.9. The van der Waals surface area contributed by atoms with Crippen LogP contribution in [-0.2, 0) is 17.8 Å². The number of aromatic amines is 1. The molecular weight excluding hydrogens is 548 g/mol. The van der Waals surface area contributed by atoms with E-state index in [1.54, 1.807) is 12.0 Å². The number of para-hydroxylation sites is 2. The molecule has 4 aromatic rings. The quantitative estimate of drug-likeness (QED) is 0.154. The van der Waals surface area contributed by atoms with Gasteiger partial charge in [-0.05, 0) is 65.1 Å². The van der Waals surface area contributed by atoms with Gasteiger partial charge in [0.2, 0.25) is 5.91 Å². The molecule has 4 rings (SSSR count). The summed E-state index contributed by atoms with van der Waals surface area (Å²) in [6.45, 7) is 12.1. The number of hydrogen-bond donors (Lipinski definition) is 2. The fraction of sp³-hybridized carbons (Fsp3) is 0.405. The first-order valence-corrected chi connectivity index (χ1v) is 15.9. The van der Waals surface area contributed by atoms with Crippen molar-refractivity contribution in [1.29, 1.82) is 0 Å². The second-order valence-corrected chi connectivity index (χ2v) is 12.1. The molecule has 0 atom stereocenters. The van der Waals surface area contributed by atoms with Crippen LogP contribution in [0.1, 0.15) is 81.5 Å². The minimum Gasteiger partial charge on any atom is -0.497 e. The Labute approximate surface area is 262 Å². The molecule has 3 amide bonds. The van der Waals surface area contributed by atoms with Crippen molar-refractivity contribution >= 4 is 28.5 Å². The summed E-state index contributed by atoms with van der Waals surface area (Å²) in [5.74, 6) is 1.20. The predicted molar refractivity (Wildman–Crippen MR) is 181 cm³/mol. The Hall–Kier alpha value is -4.26. The predicted octanol–water partition coefficient (Wildman–Crippen LogP) is 8.33. The number of nitrogens with one attached hydrogen (secondary N) is 2. The van der Waals surface area contributed by atoms with E-state index in [1.165, 1.54) is 5.56 Å². The van der Waals surface area contributed by atoms with Gasteiger partial charge < -0.3 is 24.8 Å². The second-order valence-electron chi connectivity index (χ2n) is 12.1. The number of anilines is 1. The van der Waals surface area contributed by atoms with Crippen LogP contribution in [0.15, 0.2) is 72.9 Å². The number of unbranched alkanes of at least 4 members (excludes halogenated alkanes) is 1. The highest BCUT2D eigenvalue weighted by molar-refractivity contribution is 5.94. The zero-order chi connectivity index (χ0) is 31.6. The van der Waals surface area contributed by atoms with Crippen molar-refractivity contribution in [2.24, 2.45) is 0 Å². The summed E-state index contributed by atoms with van der Waals surface area (Å²) in [5, 5.41) is 4.40. The van der Waals surface area contributed by atoms with Crippen molar-refractivity contribution in [1.82, 2.24) is 14.8 Å². The summed E-state index contributed by atoms with van der Waals surface area (Å²) in [6.07, 6.45) is 4.47. The van der Waals surface area contributed by atoms with Crippen LogP contribution < -0.4 is 10.1 Å². The number of carbonyl (C=O) groups is 2. The highest BCUT2D eigenvalue weighted by atomic mass is 16.5. The third kappa shape index (κ3) is 8.22. The van der Waals surface area contributed by atoms with Crippen molar-refractivity contribution in [2.45, 2.75) is 72.3 Å². The Morgan fingerprint density at radius 3 is 2.18 bits per heavy atom. The summed E-state index contributed by atoms with van der Waals surface area (Å²) in [6, 6.07) is 22.0. The molecular formula is C37H48N4O3. The van der Waals surface area contributed by atoms with Crippen LogP contribution >= 0.6 is 0 Å². The molecule has 0 bridgehead atoms. The Balaban J connectivity index is 1.57.